The number of ether oxygens (including phenoxy) is 2. The normalized spacial score (nSPS) is 15.7. The highest BCUT2D eigenvalue weighted by Crippen LogP contribution is 2.42. The first-order valence-electron chi connectivity index (χ1n) is 15.2. The number of anilines is 2. The van der Waals surface area contributed by atoms with Gasteiger partial charge < -0.3 is 24.3 Å². The number of morpholine rings is 1. The number of aryl methyl sites for hydroxylation is 1. The van der Waals surface area contributed by atoms with Gasteiger partial charge in [-0.2, -0.15) is 0 Å². The smallest absolute Gasteiger partial charge is 0.274 e. The molecule has 0 bridgehead atoms. The second kappa shape index (κ2) is 10.9. The molecule has 0 spiro atoms. The molecule has 46 heavy (non-hydrogen) atoms. The summed E-state index contributed by atoms with van der Waals surface area (Å²) in [5.74, 6) is 0.707. The molecule has 0 radical (unpaired) electrons. The lowest BCUT2D eigenvalue weighted by Gasteiger charge is -2.26. The molecule has 8 rings (SSSR count). The molecule has 1 saturated carbocycles. The van der Waals surface area contributed by atoms with Gasteiger partial charge in [0.1, 0.15) is 29.7 Å². The summed E-state index contributed by atoms with van der Waals surface area (Å²) >= 11 is 0. The summed E-state index contributed by atoms with van der Waals surface area (Å²) in [5, 5.41) is 3.59. The van der Waals surface area contributed by atoms with Gasteiger partial charge >= 0.3 is 0 Å². The summed E-state index contributed by atoms with van der Waals surface area (Å²) in [5.41, 5.74) is 2.78. The number of benzene rings is 1. The molecule has 232 valence electrons. The van der Waals surface area contributed by atoms with Crippen molar-refractivity contribution in [3.63, 3.8) is 0 Å². The van der Waals surface area contributed by atoms with Crippen LogP contribution >= 0.6 is 0 Å². The fraction of sp³-hybridized carbons (Fsp3) is 0.265. The summed E-state index contributed by atoms with van der Waals surface area (Å²) in [6.07, 6.45) is 6.80. The van der Waals surface area contributed by atoms with Crippen LogP contribution in [-0.4, -0.2) is 56.2 Å². The molecule has 2 aliphatic heterocycles. The van der Waals surface area contributed by atoms with Crippen molar-refractivity contribution >= 4 is 28.2 Å². The first-order chi connectivity index (χ1) is 22.4. The van der Waals surface area contributed by atoms with E-state index in [0.717, 1.165) is 18.4 Å². The topological polar surface area (TPSA) is 121 Å². The molecule has 1 saturated heterocycles. The van der Waals surface area contributed by atoms with Crippen LogP contribution in [0.1, 0.15) is 40.2 Å². The van der Waals surface area contributed by atoms with Gasteiger partial charge in [0.05, 0.1) is 24.2 Å². The minimum atomic E-state index is -0.552. The Kier molecular flexibility index (Phi) is 6.68. The summed E-state index contributed by atoms with van der Waals surface area (Å²) in [6.45, 7) is 2.19. The molecule has 1 N–H and O–H groups in total. The van der Waals surface area contributed by atoms with Gasteiger partial charge in [0.2, 0.25) is 5.88 Å². The number of aromatic nitrogens is 4. The zero-order valence-electron chi connectivity index (χ0n) is 25.0. The van der Waals surface area contributed by atoms with Crippen LogP contribution in [0.15, 0.2) is 70.6 Å². The standard InChI is InChI=1S/C34H29FN6O5/c1-39-17-23(14-27(33(39)43)38-28-5-4-20(16-37-28)32(42)40-8-10-45-11-9-40)24-6-7-36-31-25(24)18-46-29-15-22-12-21(19-2-3-19)13-26(35)30(22)34(44)41(29)31/h4-7,12-17,19H,2-3,8-11,18H2,1H3,(H,37,38). The monoisotopic (exact) mass is 620 g/mol. The number of carbonyl (C=O) groups excluding carboxylic acids is 1. The lowest BCUT2D eigenvalue weighted by molar-refractivity contribution is 0.0302. The maximum atomic E-state index is 15.3. The van der Waals surface area contributed by atoms with E-state index >= 15 is 4.39 Å². The number of hydrogen-bond acceptors (Lipinski definition) is 8. The molecule has 11 nitrogen and oxygen atoms in total. The van der Waals surface area contributed by atoms with Gasteiger partial charge in [-0.1, -0.05) is 6.07 Å². The number of fused-ring (bicyclic) bond motifs is 4. The van der Waals surface area contributed by atoms with Crippen molar-refractivity contribution in [3.8, 4) is 22.8 Å². The Morgan fingerprint density at radius 3 is 2.61 bits per heavy atom. The maximum absolute atomic E-state index is 15.3. The van der Waals surface area contributed by atoms with Crippen LogP contribution in [0.3, 0.4) is 0 Å². The van der Waals surface area contributed by atoms with Crippen LogP contribution in [0, 0.1) is 5.82 Å². The van der Waals surface area contributed by atoms with Gasteiger partial charge in [0.25, 0.3) is 17.0 Å². The Morgan fingerprint density at radius 2 is 1.85 bits per heavy atom. The highest BCUT2D eigenvalue weighted by Gasteiger charge is 2.28. The average Bonchev–Trinajstić information content (AvgIpc) is 3.92. The van der Waals surface area contributed by atoms with Gasteiger partial charge in [-0.25, -0.2) is 18.9 Å². The minimum absolute atomic E-state index is 0.00411. The SMILES string of the molecule is Cn1cc(-c2ccnc3c2COc2cc4cc(C5CC5)cc(F)c4c(=O)n2-3)cc(Nc2ccc(C(=O)N3CCOCC3)cn2)c1=O. The third-order valence-corrected chi connectivity index (χ3v) is 8.78. The number of pyridine rings is 4. The second-order valence-electron chi connectivity index (χ2n) is 11.8. The van der Waals surface area contributed by atoms with Gasteiger partial charge in [0, 0.05) is 55.9 Å². The third kappa shape index (κ3) is 4.81. The Hall–Kier alpha value is -5.36. The fourth-order valence-corrected chi connectivity index (χ4v) is 6.22. The van der Waals surface area contributed by atoms with Crippen LogP contribution in [0.5, 0.6) is 5.88 Å². The van der Waals surface area contributed by atoms with E-state index in [9.17, 15) is 14.4 Å². The van der Waals surface area contributed by atoms with Gasteiger partial charge in [-0.05, 0) is 65.6 Å². The predicted molar refractivity (Wildman–Crippen MR) is 169 cm³/mol. The molecule has 6 heterocycles. The molecule has 1 aliphatic carbocycles. The quantitative estimate of drug-likeness (QED) is 0.309. The number of nitrogens with zero attached hydrogens (tertiary/aromatic N) is 5. The third-order valence-electron chi connectivity index (χ3n) is 8.78. The molecule has 12 heteroatoms. The van der Waals surface area contributed by atoms with E-state index in [-0.39, 0.29) is 29.1 Å². The number of amides is 1. The van der Waals surface area contributed by atoms with E-state index in [2.05, 4.69) is 15.3 Å². The summed E-state index contributed by atoms with van der Waals surface area (Å²) in [6, 6.07) is 11.9. The van der Waals surface area contributed by atoms with Crippen LogP contribution in [0.4, 0.5) is 15.9 Å². The maximum Gasteiger partial charge on any atom is 0.274 e. The second-order valence-corrected chi connectivity index (χ2v) is 11.8. The van der Waals surface area contributed by atoms with Crippen molar-refractivity contribution in [2.24, 2.45) is 7.05 Å². The molecular weight excluding hydrogens is 591 g/mol. The molecule has 0 unspecified atom stereocenters. The van der Waals surface area contributed by atoms with Gasteiger partial charge in [-0.15, -0.1) is 0 Å². The number of halogens is 1. The zero-order chi connectivity index (χ0) is 31.5. The fourth-order valence-electron chi connectivity index (χ4n) is 6.22. The van der Waals surface area contributed by atoms with Crippen LogP contribution < -0.4 is 21.2 Å². The zero-order valence-corrected chi connectivity index (χ0v) is 25.0. The van der Waals surface area contributed by atoms with E-state index in [0.29, 0.717) is 77.4 Å². The molecular formula is C34H29FN6O5. The van der Waals surface area contributed by atoms with Crippen molar-refractivity contribution in [3.05, 3.63) is 104 Å². The highest BCUT2D eigenvalue weighted by atomic mass is 19.1. The summed E-state index contributed by atoms with van der Waals surface area (Å²) in [7, 11) is 1.64. The van der Waals surface area contributed by atoms with E-state index in [1.807, 2.05) is 6.07 Å². The molecule has 1 aromatic carbocycles. The number of rotatable bonds is 5. The largest absolute Gasteiger partial charge is 0.473 e. The number of nitrogens with one attached hydrogen (secondary N) is 1. The molecule has 1 amide bonds. The van der Waals surface area contributed by atoms with Crippen molar-refractivity contribution in [1.82, 2.24) is 24.0 Å². The van der Waals surface area contributed by atoms with Crippen LogP contribution in [0.25, 0.3) is 27.7 Å². The molecule has 4 aromatic heterocycles. The minimum Gasteiger partial charge on any atom is -0.473 e. The lowest BCUT2D eigenvalue weighted by Crippen LogP contribution is -2.40. The lowest BCUT2D eigenvalue weighted by atomic mass is 10.0. The van der Waals surface area contributed by atoms with E-state index in [4.69, 9.17) is 9.47 Å². The van der Waals surface area contributed by atoms with Crippen molar-refractivity contribution in [2.45, 2.75) is 25.4 Å². The van der Waals surface area contributed by atoms with Crippen molar-refractivity contribution < 1.29 is 18.7 Å². The molecule has 3 aliphatic rings. The number of hydrogen-bond donors (Lipinski definition) is 1. The van der Waals surface area contributed by atoms with Crippen molar-refractivity contribution in [2.75, 3.05) is 31.6 Å². The van der Waals surface area contributed by atoms with E-state index in [1.165, 1.54) is 21.4 Å². The Bertz CT molecular complexity index is 2170. The van der Waals surface area contributed by atoms with Crippen LogP contribution in [-0.2, 0) is 18.4 Å². The Balaban J connectivity index is 1.14. The molecule has 0 atom stereocenters. The summed E-state index contributed by atoms with van der Waals surface area (Å²) in [4.78, 5) is 50.3. The molecule has 5 aromatic rings. The van der Waals surface area contributed by atoms with E-state index in [1.54, 1.807) is 54.7 Å². The Morgan fingerprint density at radius 1 is 1.02 bits per heavy atom. The number of carbonyl (C=O) groups is 1. The Labute approximate surface area is 261 Å². The van der Waals surface area contributed by atoms with E-state index < -0.39 is 11.4 Å². The van der Waals surface area contributed by atoms with Gasteiger partial charge in [-0.3, -0.25) is 14.4 Å². The average molecular weight is 621 g/mol. The van der Waals surface area contributed by atoms with Crippen molar-refractivity contribution in [1.29, 1.82) is 0 Å². The first-order valence-corrected chi connectivity index (χ1v) is 15.2. The predicted octanol–water partition coefficient (Wildman–Crippen LogP) is 4.27. The van der Waals surface area contributed by atoms with Crippen LogP contribution in [0.2, 0.25) is 0 Å². The highest BCUT2D eigenvalue weighted by molar-refractivity contribution is 5.94. The molecule has 2 fully saturated rings. The summed E-state index contributed by atoms with van der Waals surface area (Å²) < 4.78 is 29.5. The van der Waals surface area contributed by atoms with Gasteiger partial charge in [0.15, 0.2) is 0 Å². The first kappa shape index (κ1) is 28.1.